The van der Waals surface area contributed by atoms with E-state index in [1.807, 2.05) is 71.4 Å². The molecule has 2 aromatic heterocycles. The number of tetrazole rings is 1. The third kappa shape index (κ3) is 8.07. The highest BCUT2D eigenvalue weighted by atomic mass is 35.5. The van der Waals surface area contributed by atoms with Crippen molar-refractivity contribution in [2.45, 2.75) is 44.7 Å². The second-order valence-electron chi connectivity index (χ2n) is 14.7. The van der Waals surface area contributed by atoms with Crippen LogP contribution in [0.1, 0.15) is 59.1 Å². The zero-order chi connectivity index (χ0) is 41.3. The average molecular weight is 809 g/mol. The molecule has 0 aliphatic carbocycles. The van der Waals surface area contributed by atoms with Crippen LogP contribution in [-0.2, 0) is 34.5 Å². The molecular weight excluding hydrogens is 764 g/mol. The molecule has 8 nitrogen and oxygen atoms in total. The predicted molar refractivity (Wildman–Crippen MR) is 238 cm³/mol. The summed E-state index contributed by atoms with van der Waals surface area (Å²) in [6.07, 6.45) is 4.96. The molecule has 0 radical (unpaired) electrons. The van der Waals surface area contributed by atoms with Gasteiger partial charge in [-0.2, -0.15) is 0 Å². The van der Waals surface area contributed by atoms with Gasteiger partial charge >= 0.3 is 5.97 Å². The van der Waals surface area contributed by atoms with E-state index in [0.717, 1.165) is 69.6 Å². The van der Waals surface area contributed by atoms with Crippen LogP contribution < -0.4 is 0 Å². The second kappa shape index (κ2) is 18.4. The molecule has 60 heavy (non-hydrogen) atoms. The van der Waals surface area contributed by atoms with Gasteiger partial charge in [0.2, 0.25) is 0 Å². The Morgan fingerprint density at radius 3 is 1.82 bits per heavy atom. The quantitative estimate of drug-likeness (QED) is 0.0582. The molecule has 8 rings (SSSR count). The molecule has 0 amide bonds. The molecule has 0 aliphatic heterocycles. The van der Waals surface area contributed by atoms with Gasteiger partial charge in [-0.05, 0) is 61.9 Å². The van der Waals surface area contributed by atoms with Crippen molar-refractivity contribution < 1.29 is 9.53 Å². The van der Waals surface area contributed by atoms with E-state index in [9.17, 15) is 4.79 Å². The molecule has 0 aliphatic rings. The minimum Gasteiger partial charge on any atom is -0.466 e. The first-order valence-electron chi connectivity index (χ1n) is 20.2. The van der Waals surface area contributed by atoms with Gasteiger partial charge < -0.3 is 9.30 Å². The molecule has 2 heterocycles. The van der Waals surface area contributed by atoms with Crippen molar-refractivity contribution in [3.8, 4) is 22.5 Å². The van der Waals surface area contributed by atoms with E-state index in [4.69, 9.17) is 31.6 Å². The van der Waals surface area contributed by atoms with Crippen molar-refractivity contribution in [3.05, 3.63) is 220 Å². The topological polar surface area (TPSA) is 87.7 Å². The molecule has 0 saturated heterocycles. The maximum Gasteiger partial charge on any atom is 0.334 e. The third-order valence-electron chi connectivity index (χ3n) is 10.9. The molecule has 8 aromatic rings. The summed E-state index contributed by atoms with van der Waals surface area (Å²) in [6.45, 7) is 2.67. The molecule has 0 unspecified atom stereocenters. The Hall–Kier alpha value is -6.90. The van der Waals surface area contributed by atoms with Gasteiger partial charge in [0.15, 0.2) is 11.0 Å². The lowest BCUT2D eigenvalue weighted by Gasteiger charge is -2.36. The van der Waals surface area contributed by atoms with Crippen LogP contribution in [-0.4, -0.2) is 42.8 Å². The molecule has 9 heteroatoms. The van der Waals surface area contributed by atoms with Gasteiger partial charge in [-0.25, -0.2) is 14.5 Å². The molecule has 0 fully saturated rings. The Bertz CT molecular complexity index is 2600. The lowest BCUT2D eigenvalue weighted by molar-refractivity contribution is -0.136. The number of methoxy groups -OCH3 is 1. The molecule has 0 spiro atoms. The van der Waals surface area contributed by atoms with Gasteiger partial charge in [-0.1, -0.05) is 195 Å². The summed E-state index contributed by atoms with van der Waals surface area (Å²) in [4.78, 5) is 17.9. The number of nitrogens with zero attached hydrogens (tertiary/aromatic N) is 6. The van der Waals surface area contributed by atoms with Gasteiger partial charge in [0, 0.05) is 30.5 Å². The number of aromatic nitrogens is 6. The minimum absolute atomic E-state index is 0.358. The standard InChI is InChI=1S/C51H45ClN6O2/c1-3-4-29-47-53-48(52)46(35-40(50(59)60-2)34-37-19-9-5-10-20-37)57(47)36-38-30-32-39(33-31-38)44-27-17-18-28-45(44)49-54-55-56-58(49)51(41-21-11-6-12-22-41,42-23-13-7-14-24-42)43-25-15-8-16-26-43/h5-28,30-33,35H,3-4,29,34,36H2,1-2H3/b40-35+. The Morgan fingerprint density at radius 2 is 1.25 bits per heavy atom. The number of imidazole rings is 1. The smallest absolute Gasteiger partial charge is 0.334 e. The Balaban J connectivity index is 1.19. The number of halogens is 1. The third-order valence-corrected chi connectivity index (χ3v) is 11.2. The van der Waals surface area contributed by atoms with Crippen LogP contribution in [0.2, 0.25) is 5.15 Å². The summed E-state index contributed by atoms with van der Waals surface area (Å²) in [5.41, 5.74) is 8.34. The van der Waals surface area contributed by atoms with Crippen LogP contribution in [0.5, 0.6) is 0 Å². The van der Waals surface area contributed by atoms with Crippen LogP contribution in [0.4, 0.5) is 0 Å². The van der Waals surface area contributed by atoms with Gasteiger partial charge in [-0.3, -0.25) is 0 Å². The van der Waals surface area contributed by atoms with E-state index in [2.05, 4.69) is 126 Å². The van der Waals surface area contributed by atoms with E-state index in [0.29, 0.717) is 35.2 Å². The van der Waals surface area contributed by atoms with Crippen LogP contribution in [0.25, 0.3) is 28.6 Å². The van der Waals surface area contributed by atoms with Crippen molar-refractivity contribution in [1.82, 2.24) is 29.8 Å². The van der Waals surface area contributed by atoms with Crippen molar-refractivity contribution in [2.24, 2.45) is 0 Å². The monoisotopic (exact) mass is 808 g/mol. The van der Waals surface area contributed by atoms with Crippen LogP contribution in [0, 0.1) is 0 Å². The fourth-order valence-electron chi connectivity index (χ4n) is 8.00. The number of hydrogen-bond acceptors (Lipinski definition) is 6. The van der Waals surface area contributed by atoms with Gasteiger partial charge in [0.25, 0.3) is 0 Å². The predicted octanol–water partition coefficient (Wildman–Crippen LogP) is 10.9. The van der Waals surface area contributed by atoms with Gasteiger partial charge in [0.05, 0.1) is 12.8 Å². The molecule has 6 aromatic carbocycles. The number of rotatable bonds is 15. The van der Waals surface area contributed by atoms with E-state index in [1.165, 1.54) is 7.11 Å². The van der Waals surface area contributed by atoms with Crippen LogP contribution in [0.3, 0.4) is 0 Å². The first-order chi connectivity index (χ1) is 29.5. The number of unbranched alkanes of at least 4 members (excludes halogenated alkanes) is 1. The molecular formula is C51H45ClN6O2. The molecule has 0 atom stereocenters. The molecule has 0 N–H and O–H groups in total. The second-order valence-corrected chi connectivity index (χ2v) is 15.0. The highest BCUT2D eigenvalue weighted by Gasteiger charge is 2.42. The van der Waals surface area contributed by atoms with Crippen LogP contribution in [0.15, 0.2) is 175 Å². The van der Waals surface area contributed by atoms with Crippen LogP contribution >= 0.6 is 11.6 Å². The molecule has 298 valence electrons. The molecule has 0 saturated carbocycles. The van der Waals surface area contributed by atoms with E-state index >= 15 is 0 Å². The summed E-state index contributed by atoms with van der Waals surface area (Å²) < 4.78 is 9.31. The van der Waals surface area contributed by atoms with Gasteiger partial charge in [0.1, 0.15) is 11.4 Å². The maximum absolute atomic E-state index is 13.1. The average Bonchev–Trinajstić information content (AvgIpc) is 3.91. The summed E-state index contributed by atoms with van der Waals surface area (Å²) in [7, 11) is 1.40. The van der Waals surface area contributed by atoms with Crippen molar-refractivity contribution in [2.75, 3.05) is 7.11 Å². The summed E-state index contributed by atoms with van der Waals surface area (Å²) in [6, 6.07) is 57.9. The van der Waals surface area contributed by atoms with Crippen molar-refractivity contribution >= 4 is 23.6 Å². The zero-order valence-electron chi connectivity index (χ0n) is 33.7. The highest BCUT2D eigenvalue weighted by molar-refractivity contribution is 6.31. The number of esters is 1. The first kappa shape index (κ1) is 39.9. The SMILES string of the molecule is CCCCc1nc(Cl)c(/C=C(\Cc2ccccc2)C(=O)OC)n1Cc1ccc(-c2ccccc2-c2nnnn2C(c2ccccc2)(c2ccccc2)c2ccccc2)cc1. The fraction of sp³-hybridized carbons (Fsp3) is 0.157. The number of benzene rings is 6. The maximum atomic E-state index is 13.1. The summed E-state index contributed by atoms with van der Waals surface area (Å²) in [5.74, 6) is 1.10. The minimum atomic E-state index is -0.887. The Morgan fingerprint density at radius 1 is 0.700 bits per heavy atom. The normalized spacial score (nSPS) is 11.8. The van der Waals surface area contributed by atoms with E-state index in [-0.39, 0.29) is 0 Å². The van der Waals surface area contributed by atoms with Crippen molar-refractivity contribution in [1.29, 1.82) is 0 Å². The number of aryl methyl sites for hydroxylation is 1. The highest BCUT2D eigenvalue weighted by Crippen LogP contribution is 2.43. The van der Waals surface area contributed by atoms with E-state index < -0.39 is 11.5 Å². The lowest BCUT2D eigenvalue weighted by atomic mass is 9.77. The zero-order valence-corrected chi connectivity index (χ0v) is 34.4. The number of ether oxygens (including phenoxy) is 1. The number of carbonyl (C=O) groups is 1. The summed E-state index contributed by atoms with van der Waals surface area (Å²) in [5, 5.41) is 14.2. The first-order valence-corrected chi connectivity index (χ1v) is 20.6. The number of hydrogen-bond donors (Lipinski definition) is 0. The number of carbonyl (C=O) groups excluding carboxylic acids is 1. The Kier molecular flexibility index (Phi) is 12.2. The van der Waals surface area contributed by atoms with E-state index in [1.54, 1.807) is 0 Å². The van der Waals surface area contributed by atoms with Gasteiger partial charge in [-0.15, -0.1) is 5.10 Å². The summed E-state index contributed by atoms with van der Waals surface area (Å²) >= 11 is 6.88. The fourth-order valence-corrected chi connectivity index (χ4v) is 8.26. The Labute approximate surface area is 355 Å². The van der Waals surface area contributed by atoms with Crippen molar-refractivity contribution in [3.63, 3.8) is 0 Å². The lowest BCUT2D eigenvalue weighted by Crippen LogP contribution is -2.39. The molecule has 0 bridgehead atoms. The largest absolute Gasteiger partial charge is 0.466 e.